The third kappa shape index (κ3) is 5.40. The molecule has 1 atom stereocenters. The van der Waals surface area contributed by atoms with Crippen molar-refractivity contribution in [1.29, 1.82) is 0 Å². The van der Waals surface area contributed by atoms with E-state index >= 15 is 0 Å². The summed E-state index contributed by atoms with van der Waals surface area (Å²) in [5.74, 6) is -4.21. The first-order chi connectivity index (χ1) is 10.7. The molecule has 0 aromatic heterocycles. The number of rotatable bonds is 6. The second-order valence-corrected chi connectivity index (χ2v) is 4.51. The Labute approximate surface area is 128 Å². The van der Waals surface area contributed by atoms with Gasteiger partial charge in [0.2, 0.25) is 0 Å². The maximum atomic E-state index is 13.5. The zero-order valence-electron chi connectivity index (χ0n) is 11.9. The Hall–Kier alpha value is -2.36. The number of hydrogen-bond acceptors (Lipinski definition) is 4. The fourth-order valence-electron chi connectivity index (χ4n) is 1.76. The molecule has 23 heavy (non-hydrogen) atoms. The van der Waals surface area contributed by atoms with E-state index in [1.165, 1.54) is 30.0 Å². The van der Waals surface area contributed by atoms with Crippen LogP contribution in [-0.4, -0.2) is 36.3 Å². The first-order valence-corrected chi connectivity index (χ1v) is 6.33. The van der Waals surface area contributed by atoms with Crippen LogP contribution >= 0.6 is 0 Å². The van der Waals surface area contributed by atoms with Crippen LogP contribution in [0, 0.1) is 5.82 Å². The lowest BCUT2D eigenvalue weighted by Gasteiger charge is -2.17. The van der Waals surface area contributed by atoms with Crippen LogP contribution in [0.2, 0.25) is 0 Å². The van der Waals surface area contributed by atoms with Gasteiger partial charge in [-0.1, -0.05) is 6.07 Å². The fraction of sp³-hybridized carbons (Fsp3) is 0.385. The van der Waals surface area contributed by atoms with Crippen molar-refractivity contribution in [2.75, 3.05) is 7.11 Å². The first kappa shape index (κ1) is 18.7. The molecule has 3 N–H and O–H groups in total. The van der Waals surface area contributed by atoms with Crippen LogP contribution in [0.3, 0.4) is 0 Å². The van der Waals surface area contributed by atoms with Crippen LogP contribution in [0.5, 0.6) is 5.75 Å². The molecule has 2 amide bonds. The Balaban J connectivity index is 2.77. The molecule has 0 aliphatic carbocycles. The number of methoxy groups -OCH3 is 1. The van der Waals surface area contributed by atoms with E-state index in [1.54, 1.807) is 0 Å². The minimum atomic E-state index is -5.17. The number of nitrogens with one attached hydrogen (secondary N) is 2. The predicted octanol–water partition coefficient (Wildman–Crippen LogP) is 1.32. The summed E-state index contributed by atoms with van der Waals surface area (Å²) in [6.07, 6.45) is -5.46. The molecule has 6 nitrogen and oxygen atoms in total. The average Bonchev–Trinajstić information content (AvgIpc) is 2.49. The SMILES string of the molecule is COc1ccc(CC[C@H](NC(=O)C(F)(F)F)C(=O)NO)cc1F. The number of ether oxygens (including phenoxy) is 1. The van der Waals surface area contributed by atoms with Gasteiger partial charge >= 0.3 is 12.1 Å². The van der Waals surface area contributed by atoms with Crippen LogP contribution in [0.25, 0.3) is 0 Å². The number of carbonyl (C=O) groups excluding carboxylic acids is 2. The molecular formula is C13H14F4N2O4. The lowest BCUT2D eigenvalue weighted by Crippen LogP contribution is -2.50. The summed E-state index contributed by atoms with van der Waals surface area (Å²) in [5, 5.41) is 9.98. The van der Waals surface area contributed by atoms with E-state index in [0.717, 1.165) is 6.07 Å². The molecule has 0 aliphatic rings. The number of alkyl halides is 3. The molecule has 10 heteroatoms. The largest absolute Gasteiger partial charge is 0.494 e. The van der Waals surface area contributed by atoms with Crippen LogP contribution in [0.15, 0.2) is 18.2 Å². The summed E-state index contributed by atoms with van der Waals surface area (Å²) in [6, 6.07) is 2.25. The molecule has 0 aliphatic heterocycles. The normalized spacial score (nSPS) is 12.4. The summed E-state index contributed by atoms with van der Waals surface area (Å²) < 4.78 is 54.8. The van der Waals surface area contributed by atoms with E-state index in [1.807, 2.05) is 0 Å². The summed E-state index contributed by atoms with van der Waals surface area (Å²) in [4.78, 5) is 22.2. The Morgan fingerprint density at radius 3 is 2.48 bits per heavy atom. The molecule has 1 aromatic rings. The van der Waals surface area contributed by atoms with E-state index in [4.69, 9.17) is 9.94 Å². The highest BCUT2D eigenvalue weighted by atomic mass is 19.4. The molecule has 0 unspecified atom stereocenters. The van der Waals surface area contributed by atoms with Gasteiger partial charge in [0.1, 0.15) is 6.04 Å². The second-order valence-electron chi connectivity index (χ2n) is 4.51. The van der Waals surface area contributed by atoms with Crippen molar-refractivity contribution in [1.82, 2.24) is 10.8 Å². The number of benzene rings is 1. The lowest BCUT2D eigenvalue weighted by atomic mass is 10.0. The number of carbonyl (C=O) groups is 2. The third-order valence-corrected chi connectivity index (χ3v) is 2.93. The van der Waals surface area contributed by atoms with Crippen molar-refractivity contribution in [3.05, 3.63) is 29.6 Å². The summed E-state index contributed by atoms with van der Waals surface area (Å²) in [5.41, 5.74) is 1.55. The molecule has 0 saturated heterocycles. The Morgan fingerprint density at radius 2 is 2.00 bits per heavy atom. The van der Waals surface area contributed by atoms with Crippen molar-refractivity contribution in [2.45, 2.75) is 25.1 Å². The first-order valence-electron chi connectivity index (χ1n) is 6.33. The van der Waals surface area contributed by atoms with Gasteiger partial charge in [-0.25, -0.2) is 9.87 Å². The van der Waals surface area contributed by atoms with Gasteiger partial charge in [-0.2, -0.15) is 13.2 Å². The quantitative estimate of drug-likeness (QED) is 0.415. The molecule has 0 radical (unpaired) electrons. The second kappa shape index (κ2) is 7.77. The van der Waals surface area contributed by atoms with E-state index < -0.39 is 29.8 Å². The maximum Gasteiger partial charge on any atom is 0.471 e. The Kier molecular flexibility index (Phi) is 6.31. The van der Waals surface area contributed by atoms with E-state index in [2.05, 4.69) is 0 Å². The van der Waals surface area contributed by atoms with Gasteiger partial charge in [0.15, 0.2) is 11.6 Å². The molecular weight excluding hydrogens is 324 g/mol. The standard InChI is InChI=1S/C13H14F4N2O4/c1-23-10-5-3-7(6-8(10)14)2-4-9(11(20)19-22)18-12(21)13(15,16)17/h3,5-6,9,22H,2,4H2,1H3,(H,18,21)(H,19,20)/t9-/m0/s1. The number of halogens is 4. The zero-order chi connectivity index (χ0) is 17.6. The molecule has 1 rings (SSSR count). The zero-order valence-corrected chi connectivity index (χ0v) is 11.9. The lowest BCUT2D eigenvalue weighted by molar-refractivity contribution is -0.175. The monoisotopic (exact) mass is 338 g/mol. The summed E-state index contributed by atoms with van der Waals surface area (Å²) in [7, 11) is 1.27. The smallest absolute Gasteiger partial charge is 0.471 e. The van der Waals surface area contributed by atoms with E-state index in [9.17, 15) is 27.2 Å². The average molecular weight is 338 g/mol. The highest BCUT2D eigenvalue weighted by Gasteiger charge is 2.40. The number of hydroxylamine groups is 1. The van der Waals surface area contributed by atoms with Gasteiger partial charge < -0.3 is 10.1 Å². The predicted molar refractivity (Wildman–Crippen MR) is 69.2 cm³/mol. The van der Waals surface area contributed by atoms with Gasteiger partial charge in [0.25, 0.3) is 5.91 Å². The van der Waals surface area contributed by atoms with E-state index in [-0.39, 0.29) is 18.6 Å². The molecule has 0 fully saturated rings. The molecule has 0 heterocycles. The van der Waals surface area contributed by atoms with Crippen LogP contribution in [-0.2, 0) is 16.0 Å². The van der Waals surface area contributed by atoms with Crippen molar-refractivity contribution in [3.63, 3.8) is 0 Å². The van der Waals surface area contributed by atoms with Crippen molar-refractivity contribution in [3.8, 4) is 5.75 Å². The number of aryl methyl sites for hydroxylation is 1. The molecule has 1 aromatic carbocycles. The van der Waals surface area contributed by atoms with Crippen LogP contribution in [0.1, 0.15) is 12.0 Å². The minimum absolute atomic E-state index is 0.0104. The Bertz CT molecular complexity index is 578. The van der Waals surface area contributed by atoms with Crippen molar-refractivity contribution in [2.24, 2.45) is 0 Å². The van der Waals surface area contributed by atoms with Gasteiger partial charge in [-0.15, -0.1) is 0 Å². The van der Waals surface area contributed by atoms with Gasteiger partial charge in [0.05, 0.1) is 7.11 Å². The van der Waals surface area contributed by atoms with Crippen LogP contribution in [0.4, 0.5) is 17.6 Å². The summed E-state index contributed by atoms with van der Waals surface area (Å²) >= 11 is 0. The highest BCUT2D eigenvalue weighted by molar-refractivity contribution is 5.89. The summed E-state index contributed by atoms with van der Waals surface area (Å²) in [6.45, 7) is 0. The molecule has 128 valence electrons. The van der Waals surface area contributed by atoms with Crippen molar-refractivity contribution >= 4 is 11.8 Å². The highest BCUT2D eigenvalue weighted by Crippen LogP contribution is 2.19. The number of amides is 2. The van der Waals surface area contributed by atoms with Gasteiger partial charge in [-0.3, -0.25) is 14.8 Å². The number of hydrogen-bond donors (Lipinski definition) is 3. The van der Waals surface area contributed by atoms with Crippen molar-refractivity contribution < 1.29 is 37.1 Å². The fourth-order valence-corrected chi connectivity index (χ4v) is 1.76. The van der Waals surface area contributed by atoms with Gasteiger partial charge in [-0.05, 0) is 30.5 Å². The van der Waals surface area contributed by atoms with Crippen LogP contribution < -0.4 is 15.5 Å². The maximum absolute atomic E-state index is 13.5. The Morgan fingerprint density at radius 1 is 1.35 bits per heavy atom. The third-order valence-electron chi connectivity index (χ3n) is 2.93. The topological polar surface area (TPSA) is 87.7 Å². The van der Waals surface area contributed by atoms with E-state index in [0.29, 0.717) is 5.56 Å². The van der Waals surface area contributed by atoms with Gasteiger partial charge in [0, 0.05) is 0 Å². The molecule has 0 saturated carbocycles. The minimum Gasteiger partial charge on any atom is -0.494 e. The molecule has 0 bridgehead atoms. The molecule has 0 spiro atoms.